The number of amides is 1. The number of hydrogen-bond donors (Lipinski definition) is 1. The Morgan fingerprint density at radius 3 is 2.61 bits per heavy atom. The summed E-state index contributed by atoms with van der Waals surface area (Å²) in [4.78, 5) is 18.2. The quantitative estimate of drug-likeness (QED) is 0.277. The molecular formula is C26H31ClF4N4O2S. The van der Waals surface area contributed by atoms with E-state index in [1.807, 2.05) is 18.4 Å². The lowest BCUT2D eigenvalue weighted by Crippen LogP contribution is -2.39. The monoisotopic (exact) mass is 574 g/mol. The Bertz CT molecular complexity index is 1110. The van der Waals surface area contributed by atoms with Crippen molar-refractivity contribution < 1.29 is 27.2 Å². The molecule has 0 bridgehead atoms. The van der Waals surface area contributed by atoms with Crippen LogP contribution in [0.25, 0.3) is 0 Å². The molecule has 208 valence electrons. The van der Waals surface area contributed by atoms with Gasteiger partial charge in [0.2, 0.25) is 0 Å². The summed E-state index contributed by atoms with van der Waals surface area (Å²) in [5, 5.41) is 7.42. The highest BCUT2D eigenvalue weighted by molar-refractivity contribution is 8.06. The summed E-state index contributed by atoms with van der Waals surface area (Å²) in [5.74, 6) is 0.234. The number of ether oxygens (including phenoxy) is 1. The van der Waals surface area contributed by atoms with Crippen molar-refractivity contribution in [1.29, 1.82) is 0 Å². The number of carbonyl (C=O) groups excluding carboxylic acids is 1. The zero-order valence-electron chi connectivity index (χ0n) is 21.6. The Morgan fingerprint density at radius 2 is 2.08 bits per heavy atom. The molecule has 12 heteroatoms. The van der Waals surface area contributed by atoms with E-state index in [4.69, 9.17) is 16.3 Å². The number of thioether (sulfide) groups is 1. The molecule has 1 aromatic rings. The molecule has 6 nitrogen and oxygen atoms in total. The Balaban J connectivity index is 0.000000607. The zero-order chi connectivity index (χ0) is 28.7. The van der Waals surface area contributed by atoms with Crippen LogP contribution in [0.2, 0.25) is 5.02 Å². The molecule has 0 aromatic heterocycles. The first-order chi connectivity index (χ1) is 18.2. The highest BCUT2D eigenvalue weighted by Gasteiger charge is 2.47. The highest BCUT2D eigenvalue weighted by atomic mass is 35.5. The fourth-order valence-corrected chi connectivity index (χ4v) is 4.22. The normalized spacial score (nSPS) is 18.8. The second-order valence-corrected chi connectivity index (χ2v) is 9.16. The molecule has 2 heterocycles. The maximum atomic E-state index is 15.5. The predicted octanol–water partition coefficient (Wildman–Crippen LogP) is 7.17. The molecule has 2 aliphatic heterocycles. The molecule has 0 radical (unpaired) electrons. The summed E-state index contributed by atoms with van der Waals surface area (Å²) in [6, 6.07) is 5.82. The lowest BCUT2D eigenvalue weighted by molar-refractivity contribution is 0.0588. The van der Waals surface area contributed by atoms with Gasteiger partial charge < -0.3 is 15.0 Å². The molecule has 1 aromatic carbocycles. The average Bonchev–Trinajstić information content (AvgIpc) is 3.27. The van der Waals surface area contributed by atoms with Gasteiger partial charge in [0.15, 0.2) is 5.67 Å². The van der Waals surface area contributed by atoms with E-state index in [0.29, 0.717) is 34.2 Å². The third-order valence-electron chi connectivity index (χ3n) is 5.02. The van der Waals surface area contributed by atoms with Crippen molar-refractivity contribution in [2.45, 2.75) is 25.9 Å². The van der Waals surface area contributed by atoms with Gasteiger partial charge in [0.1, 0.15) is 24.0 Å². The van der Waals surface area contributed by atoms with Crippen LogP contribution < -0.4 is 5.32 Å². The number of amidine groups is 1. The van der Waals surface area contributed by atoms with E-state index in [0.717, 1.165) is 0 Å². The third kappa shape index (κ3) is 9.68. The molecule has 0 aliphatic carbocycles. The van der Waals surface area contributed by atoms with Crippen LogP contribution in [0.1, 0.15) is 20.3 Å². The summed E-state index contributed by atoms with van der Waals surface area (Å²) in [5.41, 5.74) is -0.646. The Kier molecular flexibility index (Phi) is 14.5. The molecule has 2 aliphatic rings. The van der Waals surface area contributed by atoms with Crippen LogP contribution in [0.5, 0.6) is 0 Å². The Labute approximate surface area is 229 Å². The number of alkyl carbamates (subject to hydrolysis) is 1. The standard InChI is InChI=1S/C19H24F2N4O2S.C6H4ClF.CH3F/c1-5-7-15(24-21)14-10-23-17(13(3)28-8-6-2)25-11-19(20,9-16(14)25)12-27-18(26)22-4;7-5-2-1-3-6(8)4-5;1-2/h5-8H,3,9-12H2,1-2,4H3,(H,22,26);1-4H;1H3/b7-5-,8-6-,24-15+;;. The van der Waals surface area contributed by atoms with Gasteiger partial charge >= 0.3 is 6.09 Å². The molecule has 1 N–H and O–H groups in total. The van der Waals surface area contributed by atoms with Gasteiger partial charge in [-0.3, -0.25) is 9.38 Å². The topological polar surface area (TPSA) is 66.3 Å². The van der Waals surface area contributed by atoms with E-state index in [-0.39, 0.29) is 31.0 Å². The Hall–Kier alpha value is -3.05. The van der Waals surface area contributed by atoms with E-state index in [9.17, 15) is 18.1 Å². The van der Waals surface area contributed by atoms with Crippen molar-refractivity contribution in [3.8, 4) is 0 Å². The smallest absolute Gasteiger partial charge is 0.406 e. The number of alkyl halides is 2. The van der Waals surface area contributed by atoms with Crippen LogP contribution in [-0.2, 0) is 4.74 Å². The van der Waals surface area contributed by atoms with Crippen molar-refractivity contribution >= 4 is 41.0 Å². The minimum atomic E-state index is -1.83. The van der Waals surface area contributed by atoms with Crippen molar-refractivity contribution in [2.75, 3.05) is 33.9 Å². The van der Waals surface area contributed by atoms with Gasteiger partial charge in [0, 0.05) is 34.7 Å². The molecular weight excluding hydrogens is 544 g/mol. The second-order valence-electron chi connectivity index (χ2n) is 7.73. The van der Waals surface area contributed by atoms with Crippen LogP contribution in [0, 0.1) is 5.82 Å². The van der Waals surface area contributed by atoms with Crippen LogP contribution >= 0.6 is 23.4 Å². The summed E-state index contributed by atoms with van der Waals surface area (Å²) >= 11 is 6.78. The molecule has 1 atom stereocenters. The molecule has 1 saturated heterocycles. The van der Waals surface area contributed by atoms with Crippen LogP contribution in [0.4, 0.5) is 22.4 Å². The number of hydrogen-bond acceptors (Lipinski definition) is 6. The van der Waals surface area contributed by atoms with Gasteiger partial charge in [-0.2, -0.15) is 0 Å². The first kappa shape index (κ1) is 33.0. The SMILES string of the molecule is C=C(S/C=C\C)C1=NCC(C(/C=C\C)=N/F)=C2CC(F)(COC(=O)NC)CN12.CF.Fc1cccc(Cl)c1. The number of carbonyl (C=O) groups is 1. The predicted molar refractivity (Wildman–Crippen MR) is 148 cm³/mol. The largest absolute Gasteiger partial charge is 0.446 e. The van der Waals surface area contributed by atoms with Crippen molar-refractivity contribution in [2.24, 2.45) is 10.2 Å². The number of nitrogens with one attached hydrogen (secondary N) is 1. The molecule has 3 rings (SSSR count). The average molecular weight is 575 g/mol. The number of rotatable bonds is 7. The zero-order valence-corrected chi connectivity index (χ0v) is 23.2. The maximum Gasteiger partial charge on any atom is 0.406 e. The molecule has 0 spiro atoms. The summed E-state index contributed by atoms with van der Waals surface area (Å²) < 4.78 is 55.2. The highest BCUT2D eigenvalue weighted by Crippen LogP contribution is 2.40. The van der Waals surface area contributed by atoms with Crippen LogP contribution in [0.3, 0.4) is 0 Å². The van der Waals surface area contributed by atoms with Gasteiger partial charge in [-0.25, -0.2) is 13.6 Å². The molecule has 38 heavy (non-hydrogen) atoms. The minimum absolute atomic E-state index is 0.0452. The summed E-state index contributed by atoms with van der Waals surface area (Å²) in [6.45, 7) is 7.30. The molecule has 0 saturated carbocycles. The number of benzene rings is 1. The van der Waals surface area contributed by atoms with E-state index in [2.05, 4.69) is 22.1 Å². The number of aliphatic imine (C=N–C) groups is 1. The van der Waals surface area contributed by atoms with Crippen molar-refractivity contribution in [3.63, 3.8) is 0 Å². The molecule has 1 unspecified atom stereocenters. The lowest BCUT2D eigenvalue weighted by Gasteiger charge is -2.29. The van der Waals surface area contributed by atoms with Gasteiger partial charge in [0.05, 0.1) is 20.3 Å². The van der Waals surface area contributed by atoms with E-state index < -0.39 is 18.4 Å². The fourth-order valence-electron chi connectivity index (χ4n) is 3.46. The van der Waals surface area contributed by atoms with E-state index in [1.165, 1.54) is 37.0 Å². The lowest BCUT2D eigenvalue weighted by atomic mass is 10.00. The van der Waals surface area contributed by atoms with Crippen molar-refractivity contribution in [1.82, 2.24) is 10.2 Å². The first-order valence-corrected chi connectivity index (χ1v) is 12.6. The number of nitrogens with zero attached hydrogens (tertiary/aromatic N) is 3. The minimum Gasteiger partial charge on any atom is -0.446 e. The van der Waals surface area contributed by atoms with Crippen LogP contribution in [0.15, 0.2) is 80.9 Å². The summed E-state index contributed by atoms with van der Waals surface area (Å²) in [6.07, 6.45) is 4.28. The van der Waals surface area contributed by atoms with Gasteiger partial charge in [0.25, 0.3) is 0 Å². The Morgan fingerprint density at radius 1 is 1.37 bits per heavy atom. The van der Waals surface area contributed by atoms with E-state index in [1.54, 1.807) is 30.0 Å². The fraction of sp³-hybridized carbons (Fsp3) is 0.346. The summed E-state index contributed by atoms with van der Waals surface area (Å²) in [7, 11) is 1.90. The second kappa shape index (κ2) is 16.7. The van der Waals surface area contributed by atoms with Gasteiger partial charge in [-0.1, -0.05) is 57.9 Å². The third-order valence-corrected chi connectivity index (χ3v) is 6.13. The number of halogens is 5. The van der Waals surface area contributed by atoms with Gasteiger partial charge in [-0.05, 0) is 43.5 Å². The van der Waals surface area contributed by atoms with Crippen molar-refractivity contribution in [3.05, 3.63) is 81.5 Å². The number of allylic oxidation sites excluding steroid dienone is 4. The number of fused-ring (bicyclic) bond motifs is 1. The molecule has 1 amide bonds. The van der Waals surface area contributed by atoms with E-state index >= 15 is 4.39 Å². The van der Waals surface area contributed by atoms with Gasteiger partial charge in [-0.15, -0.1) is 0 Å². The van der Waals surface area contributed by atoms with Crippen LogP contribution in [-0.4, -0.2) is 62.1 Å². The maximum absolute atomic E-state index is 15.5. The first-order valence-electron chi connectivity index (χ1n) is 11.3. The molecule has 1 fully saturated rings.